The average molecular weight is 431 g/mol. The number of rotatable bonds is 6. The number of pyridine rings is 2. The van der Waals surface area contributed by atoms with E-state index in [4.69, 9.17) is 4.74 Å². The summed E-state index contributed by atoms with van der Waals surface area (Å²) in [4.78, 5) is 11.6. The molecule has 0 spiro atoms. The van der Waals surface area contributed by atoms with E-state index in [9.17, 15) is 8.42 Å². The molecular weight excluding hydrogens is 400 g/mol. The number of hydrogen-bond donors (Lipinski definition) is 1. The first kappa shape index (κ1) is 21.1. The Hall–Kier alpha value is -2.19. The van der Waals surface area contributed by atoms with Gasteiger partial charge in [-0.1, -0.05) is 19.8 Å². The lowest BCUT2D eigenvalue weighted by Gasteiger charge is -2.16. The molecule has 162 valence electrons. The Morgan fingerprint density at radius 2 is 1.97 bits per heavy atom. The van der Waals surface area contributed by atoms with Gasteiger partial charge in [0.15, 0.2) is 0 Å². The van der Waals surface area contributed by atoms with E-state index >= 15 is 0 Å². The van der Waals surface area contributed by atoms with Crippen molar-refractivity contribution in [2.24, 2.45) is 0 Å². The zero-order valence-corrected chi connectivity index (χ0v) is 18.5. The molecular formula is C22H30N4O3S. The van der Waals surface area contributed by atoms with E-state index in [0.717, 1.165) is 62.3 Å². The predicted molar refractivity (Wildman–Crippen MR) is 117 cm³/mol. The second kappa shape index (κ2) is 8.89. The molecule has 0 unspecified atom stereocenters. The Labute approximate surface area is 178 Å². The molecule has 8 heteroatoms. The van der Waals surface area contributed by atoms with E-state index < -0.39 is 10.0 Å². The number of anilines is 1. The van der Waals surface area contributed by atoms with Crippen LogP contribution in [0.5, 0.6) is 5.88 Å². The number of nitrogens with zero attached hydrogens (tertiary/aromatic N) is 3. The fourth-order valence-electron chi connectivity index (χ4n) is 4.42. The van der Waals surface area contributed by atoms with Crippen LogP contribution in [-0.4, -0.2) is 50.0 Å². The standard InChI is InChI=1S/C22H30N4O3S/c1-3-26-12-10-17-14-21(22(29-2)24-20(17)11-13-26)25-30(27,28)18-8-9-19(23-15-18)16-6-4-5-7-16/h8-9,14-16,25H,3-7,10-13H2,1-2H3. The molecule has 0 bridgehead atoms. The second-order valence-electron chi connectivity index (χ2n) is 8.09. The van der Waals surface area contributed by atoms with Gasteiger partial charge in [0.25, 0.3) is 10.0 Å². The summed E-state index contributed by atoms with van der Waals surface area (Å²) in [6, 6.07) is 5.36. The summed E-state index contributed by atoms with van der Waals surface area (Å²) < 4.78 is 34.1. The zero-order valence-electron chi connectivity index (χ0n) is 17.7. The number of methoxy groups -OCH3 is 1. The third kappa shape index (κ3) is 4.44. The van der Waals surface area contributed by atoms with Gasteiger partial charge in [-0.05, 0) is 49.6 Å². The quantitative estimate of drug-likeness (QED) is 0.756. The Kier molecular flexibility index (Phi) is 6.24. The fraction of sp³-hybridized carbons (Fsp3) is 0.545. The van der Waals surface area contributed by atoms with Crippen LogP contribution in [0, 0.1) is 0 Å². The molecule has 0 saturated heterocycles. The van der Waals surface area contributed by atoms with E-state index in [1.165, 1.54) is 26.1 Å². The van der Waals surface area contributed by atoms with Gasteiger partial charge < -0.3 is 9.64 Å². The molecule has 2 aromatic rings. The lowest BCUT2D eigenvalue weighted by Crippen LogP contribution is -2.25. The summed E-state index contributed by atoms with van der Waals surface area (Å²) in [6.45, 7) is 5.03. The van der Waals surface area contributed by atoms with Gasteiger partial charge >= 0.3 is 0 Å². The lowest BCUT2D eigenvalue weighted by atomic mass is 10.0. The van der Waals surface area contributed by atoms with Crippen LogP contribution in [-0.2, 0) is 22.9 Å². The zero-order chi connectivity index (χ0) is 21.1. The van der Waals surface area contributed by atoms with Gasteiger partial charge in [-0.25, -0.2) is 13.4 Å². The number of likely N-dealkylation sites (N-methyl/N-ethyl adjacent to an activating group) is 1. The number of aromatic nitrogens is 2. The van der Waals surface area contributed by atoms with Crippen molar-refractivity contribution in [2.45, 2.75) is 56.3 Å². The first-order valence-electron chi connectivity index (χ1n) is 10.8. The molecule has 2 aromatic heterocycles. The van der Waals surface area contributed by atoms with Crippen molar-refractivity contribution in [3.05, 3.63) is 41.3 Å². The average Bonchev–Trinajstić information content (AvgIpc) is 3.22. The van der Waals surface area contributed by atoms with Gasteiger partial charge in [-0.2, -0.15) is 0 Å². The largest absolute Gasteiger partial charge is 0.479 e. The molecule has 1 aliphatic heterocycles. The smallest absolute Gasteiger partial charge is 0.263 e. The third-order valence-electron chi connectivity index (χ3n) is 6.25. The maximum Gasteiger partial charge on any atom is 0.263 e. The van der Waals surface area contributed by atoms with E-state index in [1.54, 1.807) is 6.07 Å². The summed E-state index contributed by atoms with van der Waals surface area (Å²) in [6.07, 6.45) is 7.82. The minimum Gasteiger partial charge on any atom is -0.479 e. The highest BCUT2D eigenvalue weighted by Gasteiger charge is 2.23. The van der Waals surface area contributed by atoms with Crippen LogP contribution in [0.25, 0.3) is 0 Å². The van der Waals surface area contributed by atoms with Crippen LogP contribution in [0.2, 0.25) is 0 Å². The van der Waals surface area contributed by atoms with Crippen LogP contribution in [0.4, 0.5) is 5.69 Å². The number of hydrogen-bond acceptors (Lipinski definition) is 6. The lowest BCUT2D eigenvalue weighted by molar-refractivity contribution is 0.303. The van der Waals surface area contributed by atoms with Crippen molar-refractivity contribution >= 4 is 15.7 Å². The van der Waals surface area contributed by atoms with Crippen molar-refractivity contribution in [3.8, 4) is 5.88 Å². The minimum atomic E-state index is -3.78. The fourth-order valence-corrected chi connectivity index (χ4v) is 5.42. The number of sulfonamides is 1. The first-order valence-corrected chi connectivity index (χ1v) is 12.3. The molecule has 0 atom stereocenters. The van der Waals surface area contributed by atoms with Gasteiger partial charge in [0.1, 0.15) is 10.6 Å². The molecule has 1 aliphatic carbocycles. The molecule has 7 nitrogen and oxygen atoms in total. The van der Waals surface area contributed by atoms with Crippen LogP contribution < -0.4 is 9.46 Å². The highest BCUT2D eigenvalue weighted by atomic mass is 32.2. The van der Waals surface area contributed by atoms with E-state index in [2.05, 4.69) is 26.5 Å². The summed E-state index contributed by atoms with van der Waals surface area (Å²) >= 11 is 0. The van der Waals surface area contributed by atoms with Gasteiger partial charge in [-0.3, -0.25) is 9.71 Å². The maximum atomic E-state index is 13.0. The van der Waals surface area contributed by atoms with Crippen molar-refractivity contribution < 1.29 is 13.2 Å². The number of nitrogens with one attached hydrogen (secondary N) is 1. The van der Waals surface area contributed by atoms with Gasteiger partial charge in [0.05, 0.1) is 7.11 Å². The molecule has 3 heterocycles. The Morgan fingerprint density at radius 3 is 2.63 bits per heavy atom. The summed E-state index contributed by atoms with van der Waals surface area (Å²) in [7, 11) is -2.27. The van der Waals surface area contributed by atoms with E-state index in [-0.39, 0.29) is 4.90 Å². The maximum absolute atomic E-state index is 13.0. The van der Waals surface area contributed by atoms with Crippen molar-refractivity contribution in [1.82, 2.24) is 14.9 Å². The van der Waals surface area contributed by atoms with Crippen LogP contribution in [0.15, 0.2) is 29.3 Å². The topological polar surface area (TPSA) is 84.4 Å². The van der Waals surface area contributed by atoms with Crippen molar-refractivity contribution in [1.29, 1.82) is 0 Å². The summed E-state index contributed by atoms with van der Waals surface area (Å²) in [5.74, 6) is 0.754. The van der Waals surface area contributed by atoms with Crippen LogP contribution in [0.1, 0.15) is 55.5 Å². The normalized spacial score (nSPS) is 18.1. The number of fused-ring (bicyclic) bond motifs is 1. The van der Waals surface area contributed by atoms with E-state index in [1.807, 2.05) is 12.1 Å². The monoisotopic (exact) mass is 430 g/mol. The highest BCUT2D eigenvalue weighted by molar-refractivity contribution is 7.92. The van der Waals surface area contributed by atoms with Crippen molar-refractivity contribution in [3.63, 3.8) is 0 Å². The molecule has 2 aliphatic rings. The molecule has 30 heavy (non-hydrogen) atoms. The van der Waals surface area contributed by atoms with Crippen molar-refractivity contribution in [2.75, 3.05) is 31.5 Å². The molecule has 4 rings (SSSR count). The summed E-state index contributed by atoms with van der Waals surface area (Å²) in [5, 5.41) is 0. The van der Waals surface area contributed by atoms with Gasteiger partial charge in [0.2, 0.25) is 5.88 Å². The molecule has 0 radical (unpaired) electrons. The SMILES string of the molecule is CCN1CCc2cc(NS(=O)(=O)c3ccc(C4CCCC4)nc3)c(OC)nc2CC1. The van der Waals surface area contributed by atoms with Crippen LogP contribution >= 0.6 is 0 Å². The predicted octanol–water partition coefficient (Wildman–Crippen LogP) is 3.36. The Bertz CT molecular complexity index is 986. The second-order valence-corrected chi connectivity index (χ2v) is 9.77. The molecule has 0 amide bonds. The van der Waals surface area contributed by atoms with Crippen LogP contribution in [0.3, 0.4) is 0 Å². The first-order chi connectivity index (χ1) is 14.5. The molecule has 0 aromatic carbocycles. The van der Waals surface area contributed by atoms with Gasteiger partial charge in [0, 0.05) is 43.0 Å². The molecule has 1 N–H and O–H groups in total. The minimum absolute atomic E-state index is 0.151. The molecule has 1 saturated carbocycles. The molecule has 1 fully saturated rings. The highest BCUT2D eigenvalue weighted by Crippen LogP contribution is 2.33. The third-order valence-corrected chi connectivity index (χ3v) is 7.60. The van der Waals surface area contributed by atoms with Gasteiger partial charge in [-0.15, -0.1) is 0 Å². The Morgan fingerprint density at radius 1 is 1.20 bits per heavy atom. The Balaban J connectivity index is 1.57. The van der Waals surface area contributed by atoms with E-state index in [0.29, 0.717) is 17.5 Å². The summed E-state index contributed by atoms with van der Waals surface area (Å²) in [5.41, 5.74) is 3.41. The number of ether oxygens (including phenoxy) is 1.